The first-order valence-corrected chi connectivity index (χ1v) is 4.04. The van der Waals surface area contributed by atoms with E-state index < -0.39 is 0 Å². The zero-order valence-electron chi connectivity index (χ0n) is 5.67. The van der Waals surface area contributed by atoms with Crippen molar-refractivity contribution in [2.45, 2.75) is 5.33 Å². The maximum Gasteiger partial charge on any atom is 0.137 e. The molecule has 0 fully saturated rings. The van der Waals surface area contributed by atoms with Gasteiger partial charge in [0.15, 0.2) is 0 Å². The molecule has 0 amide bonds. The maximum absolute atomic E-state index is 4.94. The van der Waals surface area contributed by atoms with E-state index in [1.165, 1.54) is 0 Å². The average molecular weight is 202 g/mol. The second-order valence-corrected chi connectivity index (χ2v) is 2.38. The second-order valence-electron chi connectivity index (χ2n) is 1.82. The van der Waals surface area contributed by atoms with E-state index in [9.17, 15) is 0 Å². The molecular formula is C7H8BrNO. The largest absolute Gasteiger partial charge is 0.495 e. The molecule has 10 heavy (non-hydrogen) atoms. The van der Waals surface area contributed by atoms with Crippen molar-refractivity contribution >= 4 is 15.9 Å². The fraction of sp³-hybridized carbons (Fsp3) is 0.286. The van der Waals surface area contributed by atoms with Crippen LogP contribution in [0.1, 0.15) is 5.69 Å². The van der Waals surface area contributed by atoms with E-state index in [0.29, 0.717) is 0 Å². The SMILES string of the molecule is COc1ccc(CBr)nc1. The van der Waals surface area contributed by atoms with Crippen LogP contribution in [0, 0.1) is 0 Å². The predicted molar refractivity (Wildman–Crippen MR) is 43.4 cm³/mol. The highest BCUT2D eigenvalue weighted by atomic mass is 79.9. The van der Waals surface area contributed by atoms with Gasteiger partial charge in [0.1, 0.15) is 5.75 Å². The van der Waals surface area contributed by atoms with E-state index in [4.69, 9.17) is 4.74 Å². The first-order valence-electron chi connectivity index (χ1n) is 2.91. The number of methoxy groups -OCH3 is 1. The monoisotopic (exact) mass is 201 g/mol. The summed E-state index contributed by atoms with van der Waals surface area (Å²) in [6, 6.07) is 3.82. The van der Waals surface area contributed by atoms with Gasteiger partial charge in [-0.25, -0.2) is 0 Å². The Morgan fingerprint density at radius 3 is 2.80 bits per heavy atom. The number of ether oxygens (including phenoxy) is 1. The molecular weight excluding hydrogens is 194 g/mol. The summed E-state index contributed by atoms with van der Waals surface area (Å²) in [6.07, 6.45) is 1.70. The van der Waals surface area contributed by atoms with Crippen LogP contribution >= 0.6 is 15.9 Å². The lowest BCUT2D eigenvalue weighted by molar-refractivity contribution is 0.412. The number of hydrogen-bond acceptors (Lipinski definition) is 2. The lowest BCUT2D eigenvalue weighted by Gasteiger charge is -1.97. The first-order chi connectivity index (χ1) is 4.86. The topological polar surface area (TPSA) is 22.1 Å². The molecule has 1 aromatic rings. The van der Waals surface area contributed by atoms with Gasteiger partial charge in [0, 0.05) is 5.33 Å². The number of alkyl halides is 1. The van der Waals surface area contributed by atoms with Crippen LogP contribution < -0.4 is 4.74 Å². The number of hydrogen-bond donors (Lipinski definition) is 0. The predicted octanol–water partition coefficient (Wildman–Crippen LogP) is 1.99. The van der Waals surface area contributed by atoms with E-state index in [-0.39, 0.29) is 0 Å². The molecule has 0 aliphatic carbocycles. The molecule has 0 atom stereocenters. The first kappa shape index (κ1) is 7.54. The third kappa shape index (κ3) is 1.70. The highest BCUT2D eigenvalue weighted by molar-refractivity contribution is 9.08. The number of nitrogens with zero attached hydrogens (tertiary/aromatic N) is 1. The summed E-state index contributed by atoms with van der Waals surface area (Å²) >= 11 is 3.30. The Morgan fingerprint density at radius 2 is 2.40 bits per heavy atom. The fourth-order valence-corrected chi connectivity index (χ4v) is 0.942. The normalized spacial score (nSPS) is 9.40. The van der Waals surface area contributed by atoms with Crippen molar-refractivity contribution in [1.82, 2.24) is 4.98 Å². The van der Waals surface area contributed by atoms with Gasteiger partial charge in [-0.05, 0) is 12.1 Å². The summed E-state index contributed by atoms with van der Waals surface area (Å²) in [7, 11) is 1.63. The van der Waals surface area contributed by atoms with Crippen molar-refractivity contribution in [2.24, 2.45) is 0 Å². The number of rotatable bonds is 2. The van der Waals surface area contributed by atoms with Crippen LogP contribution in [0.2, 0.25) is 0 Å². The Kier molecular flexibility index (Phi) is 2.68. The molecule has 1 aromatic heterocycles. The Labute approximate surface area is 68.4 Å². The Hall–Kier alpha value is -0.570. The van der Waals surface area contributed by atoms with Gasteiger partial charge >= 0.3 is 0 Å². The smallest absolute Gasteiger partial charge is 0.137 e. The molecule has 0 saturated carbocycles. The number of pyridine rings is 1. The highest BCUT2D eigenvalue weighted by Gasteiger charge is 1.91. The minimum Gasteiger partial charge on any atom is -0.495 e. The van der Waals surface area contributed by atoms with Crippen molar-refractivity contribution in [3.63, 3.8) is 0 Å². The lowest BCUT2D eigenvalue weighted by Crippen LogP contribution is -1.86. The van der Waals surface area contributed by atoms with Gasteiger partial charge in [-0.3, -0.25) is 4.98 Å². The zero-order chi connectivity index (χ0) is 7.40. The molecule has 0 aromatic carbocycles. The Balaban J connectivity index is 2.80. The van der Waals surface area contributed by atoms with E-state index in [2.05, 4.69) is 20.9 Å². The average Bonchev–Trinajstić information content (AvgIpc) is 2.05. The molecule has 0 saturated heterocycles. The molecule has 2 nitrogen and oxygen atoms in total. The number of aromatic nitrogens is 1. The maximum atomic E-state index is 4.94. The molecule has 1 heterocycles. The molecule has 0 aliphatic heterocycles. The molecule has 0 aliphatic rings. The lowest BCUT2D eigenvalue weighted by atomic mass is 10.4. The summed E-state index contributed by atoms with van der Waals surface area (Å²) in [5, 5.41) is 0.789. The third-order valence-corrected chi connectivity index (χ3v) is 1.74. The molecule has 1 rings (SSSR count). The van der Waals surface area contributed by atoms with Gasteiger partial charge in [-0.15, -0.1) is 0 Å². The Morgan fingerprint density at radius 1 is 1.60 bits per heavy atom. The van der Waals surface area contributed by atoms with Gasteiger partial charge in [-0.1, -0.05) is 15.9 Å². The molecule has 0 unspecified atom stereocenters. The van der Waals surface area contributed by atoms with Crippen molar-refractivity contribution in [1.29, 1.82) is 0 Å². The quantitative estimate of drug-likeness (QED) is 0.684. The summed E-state index contributed by atoms with van der Waals surface area (Å²) < 4.78 is 4.94. The van der Waals surface area contributed by atoms with E-state index in [1.807, 2.05) is 12.1 Å². The minimum absolute atomic E-state index is 0.789. The second kappa shape index (κ2) is 3.56. The van der Waals surface area contributed by atoms with Gasteiger partial charge in [-0.2, -0.15) is 0 Å². The molecule has 54 valence electrons. The van der Waals surface area contributed by atoms with Crippen molar-refractivity contribution < 1.29 is 4.74 Å². The van der Waals surface area contributed by atoms with Crippen LogP contribution in [0.15, 0.2) is 18.3 Å². The summed E-state index contributed by atoms with van der Waals surface area (Å²) in [5.41, 5.74) is 1.01. The van der Waals surface area contributed by atoms with Crippen LogP contribution in [0.3, 0.4) is 0 Å². The van der Waals surface area contributed by atoms with Gasteiger partial charge in [0.25, 0.3) is 0 Å². The zero-order valence-corrected chi connectivity index (χ0v) is 7.26. The summed E-state index contributed by atoms with van der Waals surface area (Å²) in [4.78, 5) is 4.10. The van der Waals surface area contributed by atoms with E-state index in [1.54, 1.807) is 13.3 Å². The van der Waals surface area contributed by atoms with Gasteiger partial charge in [0.2, 0.25) is 0 Å². The van der Waals surface area contributed by atoms with E-state index in [0.717, 1.165) is 16.8 Å². The molecule has 3 heteroatoms. The van der Waals surface area contributed by atoms with Crippen molar-refractivity contribution in [3.05, 3.63) is 24.0 Å². The van der Waals surface area contributed by atoms with Gasteiger partial charge in [0.05, 0.1) is 19.0 Å². The summed E-state index contributed by atoms with van der Waals surface area (Å²) in [5.74, 6) is 0.796. The summed E-state index contributed by atoms with van der Waals surface area (Å²) in [6.45, 7) is 0. The van der Waals surface area contributed by atoms with Crippen LogP contribution in [-0.2, 0) is 5.33 Å². The van der Waals surface area contributed by atoms with Crippen LogP contribution in [0.25, 0.3) is 0 Å². The standard InChI is InChI=1S/C7H8BrNO/c1-10-7-3-2-6(4-8)9-5-7/h2-3,5H,4H2,1H3. The molecule has 0 spiro atoms. The number of halogens is 1. The van der Waals surface area contributed by atoms with Crippen LogP contribution in [-0.4, -0.2) is 12.1 Å². The molecule has 0 radical (unpaired) electrons. The highest BCUT2D eigenvalue weighted by Crippen LogP contribution is 2.09. The Bertz CT molecular complexity index is 174. The fourth-order valence-electron chi connectivity index (χ4n) is 0.611. The minimum atomic E-state index is 0.789. The van der Waals surface area contributed by atoms with E-state index >= 15 is 0 Å². The van der Waals surface area contributed by atoms with Crippen molar-refractivity contribution in [3.8, 4) is 5.75 Å². The molecule has 0 bridgehead atoms. The van der Waals surface area contributed by atoms with Crippen LogP contribution in [0.5, 0.6) is 5.75 Å². The third-order valence-electron chi connectivity index (χ3n) is 1.17. The molecule has 0 N–H and O–H groups in total. The van der Waals surface area contributed by atoms with Gasteiger partial charge < -0.3 is 4.74 Å². The van der Waals surface area contributed by atoms with Crippen molar-refractivity contribution in [2.75, 3.05) is 7.11 Å². The van der Waals surface area contributed by atoms with Crippen LogP contribution in [0.4, 0.5) is 0 Å².